The van der Waals surface area contributed by atoms with E-state index < -0.39 is 0 Å². The lowest BCUT2D eigenvalue weighted by Crippen LogP contribution is -2.13. The number of benzene rings is 2. The second-order valence-electron chi connectivity index (χ2n) is 8.16. The predicted molar refractivity (Wildman–Crippen MR) is 140 cm³/mol. The number of amides is 1. The lowest BCUT2D eigenvalue weighted by Gasteiger charge is -2.08. The monoisotopic (exact) mass is 469 g/mol. The first-order valence-electron chi connectivity index (χ1n) is 10.7. The highest BCUT2D eigenvalue weighted by Crippen LogP contribution is 2.33. The normalized spacial score (nSPS) is 11.2. The molecule has 0 bridgehead atoms. The third-order valence-corrected chi connectivity index (χ3v) is 7.66. The maximum absolute atomic E-state index is 13.4. The Balaban J connectivity index is 1.51. The van der Waals surface area contributed by atoms with E-state index in [0.29, 0.717) is 10.7 Å². The van der Waals surface area contributed by atoms with E-state index >= 15 is 0 Å². The van der Waals surface area contributed by atoms with Crippen LogP contribution in [0.1, 0.15) is 31.2 Å². The predicted octanol–water partition coefficient (Wildman–Crippen LogP) is 7.57. The number of nitrogens with one attached hydrogen (secondary N) is 1. The second-order valence-corrected chi connectivity index (χ2v) is 10.7. The van der Waals surface area contributed by atoms with Crippen molar-refractivity contribution in [3.63, 3.8) is 0 Å². The van der Waals surface area contributed by atoms with Gasteiger partial charge in [-0.25, -0.2) is 9.97 Å². The molecule has 1 N–H and O–H groups in total. The standard InChI is InChI=1S/C27H23N3OS2/c1-15-9-11-19(13-16(15)2)25-18(4)33-27(29-25)30-26(31)21-14-23(24-12-10-17(3)32-24)28-22-8-6-5-7-20(21)22/h5-14H,1-4H3,(H,29,30,31). The lowest BCUT2D eigenvalue weighted by atomic mass is 10.0. The number of thiophene rings is 1. The van der Waals surface area contributed by atoms with Gasteiger partial charge in [-0.1, -0.05) is 30.3 Å². The topological polar surface area (TPSA) is 54.9 Å². The number of carbonyl (C=O) groups is 1. The molecule has 4 nitrogen and oxygen atoms in total. The molecular weight excluding hydrogens is 446 g/mol. The number of nitrogens with zero attached hydrogens (tertiary/aromatic N) is 2. The number of aryl methyl sites for hydroxylation is 4. The van der Waals surface area contributed by atoms with E-state index in [2.05, 4.69) is 56.4 Å². The van der Waals surface area contributed by atoms with Gasteiger partial charge in [0.25, 0.3) is 5.91 Å². The summed E-state index contributed by atoms with van der Waals surface area (Å²) in [5.74, 6) is -0.177. The van der Waals surface area contributed by atoms with Gasteiger partial charge < -0.3 is 0 Å². The van der Waals surface area contributed by atoms with Crippen LogP contribution in [0, 0.1) is 27.7 Å². The van der Waals surface area contributed by atoms with Crippen LogP contribution in [0.2, 0.25) is 0 Å². The molecule has 0 saturated heterocycles. The minimum atomic E-state index is -0.177. The minimum absolute atomic E-state index is 0.177. The quantitative estimate of drug-likeness (QED) is 0.295. The van der Waals surface area contributed by atoms with Gasteiger partial charge in [0.2, 0.25) is 0 Å². The summed E-state index contributed by atoms with van der Waals surface area (Å²) >= 11 is 3.17. The van der Waals surface area contributed by atoms with Crippen molar-refractivity contribution in [3.05, 3.63) is 87.1 Å². The van der Waals surface area contributed by atoms with Crippen LogP contribution in [-0.4, -0.2) is 15.9 Å². The van der Waals surface area contributed by atoms with E-state index in [9.17, 15) is 4.79 Å². The molecule has 5 aromatic rings. The summed E-state index contributed by atoms with van der Waals surface area (Å²) < 4.78 is 0. The van der Waals surface area contributed by atoms with Crippen molar-refractivity contribution in [3.8, 4) is 21.8 Å². The Morgan fingerprint density at radius 2 is 1.67 bits per heavy atom. The molecular formula is C27H23N3OS2. The smallest absolute Gasteiger partial charge is 0.258 e. The molecule has 0 saturated carbocycles. The van der Waals surface area contributed by atoms with Crippen molar-refractivity contribution < 1.29 is 4.79 Å². The molecule has 0 fully saturated rings. The Morgan fingerprint density at radius 1 is 0.848 bits per heavy atom. The van der Waals surface area contributed by atoms with Crippen LogP contribution in [0.15, 0.2) is 60.7 Å². The SMILES string of the molecule is Cc1ccc(-c2cc(C(=O)Nc3nc(-c4ccc(C)c(C)c4)c(C)s3)c3ccccc3n2)s1. The molecule has 6 heteroatoms. The molecule has 3 heterocycles. The molecule has 0 spiro atoms. The van der Waals surface area contributed by atoms with Gasteiger partial charge in [-0.15, -0.1) is 22.7 Å². The molecule has 33 heavy (non-hydrogen) atoms. The van der Waals surface area contributed by atoms with Gasteiger partial charge in [0.1, 0.15) is 0 Å². The number of fused-ring (bicyclic) bond motifs is 1. The highest BCUT2D eigenvalue weighted by atomic mass is 32.1. The summed E-state index contributed by atoms with van der Waals surface area (Å²) in [5, 5.41) is 4.46. The van der Waals surface area contributed by atoms with Crippen LogP contribution in [0.5, 0.6) is 0 Å². The first kappa shape index (κ1) is 21.5. The van der Waals surface area contributed by atoms with Crippen LogP contribution in [0.25, 0.3) is 32.7 Å². The molecule has 0 radical (unpaired) electrons. The summed E-state index contributed by atoms with van der Waals surface area (Å²) in [4.78, 5) is 26.3. The number of rotatable bonds is 4. The van der Waals surface area contributed by atoms with Crippen molar-refractivity contribution in [2.75, 3.05) is 5.32 Å². The summed E-state index contributed by atoms with van der Waals surface area (Å²) in [6, 6.07) is 20.1. The zero-order valence-electron chi connectivity index (χ0n) is 18.9. The molecule has 1 amide bonds. The fourth-order valence-electron chi connectivity index (χ4n) is 3.83. The summed E-state index contributed by atoms with van der Waals surface area (Å²) in [5.41, 5.74) is 6.67. The van der Waals surface area contributed by atoms with Gasteiger partial charge >= 0.3 is 0 Å². The second kappa shape index (κ2) is 8.54. The Morgan fingerprint density at radius 3 is 2.42 bits per heavy atom. The maximum atomic E-state index is 13.4. The summed E-state index contributed by atoms with van der Waals surface area (Å²) in [6.45, 7) is 8.31. The van der Waals surface area contributed by atoms with E-state index in [4.69, 9.17) is 9.97 Å². The minimum Gasteiger partial charge on any atom is -0.298 e. The summed E-state index contributed by atoms with van der Waals surface area (Å²) in [6.07, 6.45) is 0. The highest BCUT2D eigenvalue weighted by Gasteiger charge is 2.18. The zero-order chi connectivity index (χ0) is 23.1. The van der Waals surface area contributed by atoms with E-state index in [-0.39, 0.29) is 5.91 Å². The number of para-hydroxylation sites is 1. The molecule has 5 rings (SSSR count). The molecule has 164 valence electrons. The van der Waals surface area contributed by atoms with Crippen LogP contribution in [0.4, 0.5) is 5.13 Å². The fraction of sp³-hybridized carbons (Fsp3) is 0.148. The molecule has 2 aromatic carbocycles. The van der Waals surface area contributed by atoms with Gasteiger partial charge in [0, 0.05) is 20.7 Å². The number of pyridine rings is 1. The van der Waals surface area contributed by atoms with Gasteiger partial charge in [-0.05, 0) is 69.2 Å². The number of thiazole rings is 1. The highest BCUT2D eigenvalue weighted by molar-refractivity contribution is 7.16. The van der Waals surface area contributed by atoms with Gasteiger partial charge in [0.05, 0.1) is 27.3 Å². The van der Waals surface area contributed by atoms with Crippen molar-refractivity contribution >= 4 is 44.6 Å². The first-order chi connectivity index (χ1) is 15.9. The van der Waals surface area contributed by atoms with E-state index in [1.807, 2.05) is 37.3 Å². The van der Waals surface area contributed by atoms with Crippen LogP contribution < -0.4 is 5.32 Å². The number of aromatic nitrogens is 2. The van der Waals surface area contributed by atoms with Crippen molar-refractivity contribution in [2.45, 2.75) is 27.7 Å². The number of hydrogen-bond donors (Lipinski definition) is 1. The van der Waals surface area contributed by atoms with Crippen LogP contribution in [-0.2, 0) is 0 Å². The van der Waals surface area contributed by atoms with Crippen LogP contribution >= 0.6 is 22.7 Å². The van der Waals surface area contributed by atoms with Crippen LogP contribution in [0.3, 0.4) is 0 Å². The molecule has 0 unspecified atom stereocenters. The fourth-order valence-corrected chi connectivity index (χ4v) is 5.49. The molecule has 3 aromatic heterocycles. The third kappa shape index (κ3) is 4.19. The van der Waals surface area contributed by atoms with Crippen molar-refractivity contribution in [1.82, 2.24) is 9.97 Å². The largest absolute Gasteiger partial charge is 0.298 e. The molecule has 0 atom stereocenters. The van der Waals surface area contributed by atoms with E-state index in [1.54, 1.807) is 11.3 Å². The Labute approximate surface area is 201 Å². The lowest BCUT2D eigenvalue weighted by molar-refractivity contribution is 0.102. The Bertz CT molecular complexity index is 1510. The van der Waals surface area contributed by atoms with Gasteiger partial charge in [-0.2, -0.15) is 0 Å². The van der Waals surface area contributed by atoms with Crippen molar-refractivity contribution in [2.24, 2.45) is 0 Å². The number of hydrogen-bond acceptors (Lipinski definition) is 5. The molecule has 0 aliphatic carbocycles. The van der Waals surface area contributed by atoms with Gasteiger partial charge in [0.15, 0.2) is 5.13 Å². The number of carbonyl (C=O) groups excluding carboxylic acids is 1. The van der Waals surface area contributed by atoms with E-state index in [1.165, 1.54) is 27.3 Å². The molecule has 0 aliphatic heterocycles. The zero-order valence-corrected chi connectivity index (χ0v) is 20.5. The van der Waals surface area contributed by atoms with E-state index in [0.717, 1.165) is 37.6 Å². The average Bonchev–Trinajstić information content (AvgIpc) is 3.40. The average molecular weight is 470 g/mol. The maximum Gasteiger partial charge on any atom is 0.258 e. The number of anilines is 1. The summed E-state index contributed by atoms with van der Waals surface area (Å²) in [7, 11) is 0. The molecule has 0 aliphatic rings. The Kier molecular flexibility index (Phi) is 5.56. The Hall–Kier alpha value is -3.35. The van der Waals surface area contributed by atoms with Gasteiger partial charge in [-0.3, -0.25) is 10.1 Å². The first-order valence-corrected chi connectivity index (χ1v) is 12.4. The van der Waals surface area contributed by atoms with Crippen molar-refractivity contribution in [1.29, 1.82) is 0 Å². The third-order valence-electron chi connectivity index (χ3n) is 5.75.